The predicted octanol–water partition coefficient (Wildman–Crippen LogP) is 3.20. The summed E-state index contributed by atoms with van der Waals surface area (Å²) in [5.74, 6) is -0.398. The molecule has 0 spiro atoms. The summed E-state index contributed by atoms with van der Waals surface area (Å²) in [5, 5.41) is 15.7. The molecule has 5 heteroatoms. The largest absolute Gasteiger partial charge is 0.394 e. The standard InChI is InChI=1S/C23H34N2O3/c26-17-20(21(27)24-19-13-7-2-1-3-8-14-19)25-22(28)23(15-9-10-16-23)18-11-5-4-6-12-18/h4-6,11-12,19-20,26H,1-3,7-10,13-17H2,(H,24,27)(H,25,28)/t20-/m0/s1. The smallest absolute Gasteiger partial charge is 0.245 e. The number of hydrogen-bond acceptors (Lipinski definition) is 3. The third-order valence-corrected chi connectivity index (χ3v) is 6.47. The molecule has 154 valence electrons. The van der Waals surface area contributed by atoms with E-state index in [1.807, 2.05) is 30.3 Å². The van der Waals surface area contributed by atoms with Gasteiger partial charge in [-0.25, -0.2) is 0 Å². The summed E-state index contributed by atoms with van der Waals surface area (Å²) in [4.78, 5) is 26.0. The second kappa shape index (κ2) is 10.1. The summed E-state index contributed by atoms with van der Waals surface area (Å²) in [6.07, 6.45) is 11.5. The van der Waals surface area contributed by atoms with E-state index >= 15 is 0 Å². The third-order valence-electron chi connectivity index (χ3n) is 6.47. The van der Waals surface area contributed by atoms with Gasteiger partial charge in [0.15, 0.2) is 0 Å². The van der Waals surface area contributed by atoms with Crippen LogP contribution >= 0.6 is 0 Å². The van der Waals surface area contributed by atoms with Crippen molar-refractivity contribution in [3.05, 3.63) is 35.9 Å². The molecule has 5 nitrogen and oxygen atoms in total. The van der Waals surface area contributed by atoms with Crippen molar-refractivity contribution < 1.29 is 14.7 Å². The molecule has 3 N–H and O–H groups in total. The van der Waals surface area contributed by atoms with Gasteiger partial charge in [0.1, 0.15) is 6.04 Å². The molecule has 0 saturated heterocycles. The minimum atomic E-state index is -0.890. The Balaban J connectivity index is 1.65. The molecule has 1 atom stereocenters. The molecular formula is C23H34N2O3. The fourth-order valence-corrected chi connectivity index (χ4v) is 4.78. The minimum Gasteiger partial charge on any atom is -0.394 e. The molecule has 0 radical (unpaired) electrons. The van der Waals surface area contributed by atoms with E-state index in [-0.39, 0.29) is 24.5 Å². The lowest BCUT2D eigenvalue weighted by Gasteiger charge is -2.31. The van der Waals surface area contributed by atoms with Crippen LogP contribution < -0.4 is 10.6 Å². The Morgan fingerprint density at radius 2 is 1.57 bits per heavy atom. The van der Waals surface area contributed by atoms with Gasteiger partial charge in [-0.15, -0.1) is 0 Å². The van der Waals surface area contributed by atoms with E-state index in [0.29, 0.717) is 0 Å². The van der Waals surface area contributed by atoms with Crippen LogP contribution in [0, 0.1) is 0 Å². The van der Waals surface area contributed by atoms with Crippen molar-refractivity contribution in [1.82, 2.24) is 10.6 Å². The average Bonchev–Trinajstić information content (AvgIpc) is 3.19. The number of hydrogen-bond donors (Lipinski definition) is 3. The topological polar surface area (TPSA) is 78.4 Å². The van der Waals surface area contributed by atoms with Crippen molar-refractivity contribution in [2.45, 2.75) is 88.1 Å². The predicted molar refractivity (Wildman–Crippen MR) is 110 cm³/mol. The first kappa shape index (κ1) is 20.8. The zero-order valence-electron chi connectivity index (χ0n) is 16.8. The van der Waals surface area contributed by atoms with E-state index in [0.717, 1.165) is 56.9 Å². The van der Waals surface area contributed by atoms with Crippen LogP contribution in [-0.4, -0.2) is 35.6 Å². The highest BCUT2D eigenvalue weighted by Crippen LogP contribution is 2.41. The Morgan fingerprint density at radius 3 is 2.18 bits per heavy atom. The molecule has 1 aromatic carbocycles. The maximum atomic E-state index is 13.2. The van der Waals surface area contributed by atoms with Crippen LogP contribution in [0.1, 0.15) is 76.2 Å². The number of carbonyl (C=O) groups excluding carboxylic acids is 2. The van der Waals surface area contributed by atoms with E-state index in [1.165, 1.54) is 19.3 Å². The van der Waals surface area contributed by atoms with E-state index < -0.39 is 11.5 Å². The maximum Gasteiger partial charge on any atom is 0.245 e. The third kappa shape index (κ3) is 4.93. The lowest BCUT2D eigenvalue weighted by molar-refractivity contribution is -0.133. The first-order chi connectivity index (χ1) is 13.7. The molecule has 2 saturated carbocycles. The highest BCUT2D eigenvalue weighted by molar-refractivity contribution is 5.93. The van der Waals surface area contributed by atoms with Crippen LogP contribution in [-0.2, 0) is 15.0 Å². The summed E-state index contributed by atoms with van der Waals surface area (Å²) < 4.78 is 0. The van der Waals surface area contributed by atoms with Crippen LogP contribution in [0.25, 0.3) is 0 Å². The molecule has 3 rings (SSSR count). The highest BCUT2D eigenvalue weighted by atomic mass is 16.3. The molecule has 2 amide bonds. The summed E-state index contributed by atoms with van der Waals surface area (Å²) in [7, 11) is 0. The number of aliphatic hydroxyl groups is 1. The quantitative estimate of drug-likeness (QED) is 0.702. The molecule has 0 bridgehead atoms. The first-order valence-corrected chi connectivity index (χ1v) is 10.9. The number of carbonyl (C=O) groups is 2. The maximum absolute atomic E-state index is 13.2. The number of amides is 2. The van der Waals surface area contributed by atoms with Gasteiger partial charge in [0.2, 0.25) is 11.8 Å². The highest BCUT2D eigenvalue weighted by Gasteiger charge is 2.43. The van der Waals surface area contributed by atoms with Crippen molar-refractivity contribution in [2.24, 2.45) is 0 Å². The van der Waals surface area contributed by atoms with Crippen LogP contribution in [0.5, 0.6) is 0 Å². The van der Waals surface area contributed by atoms with Gasteiger partial charge in [0.05, 0.1) is 12.0 Å². The molecule has 2 aliphatic carbocycles. The zero-order chi connectivity index (χ0) is 19.8. The van der Waals surface area contributed by atoms with Crippen molar-refractivity contribution in [3.8, 4) is 0 Å². The van der Waals surface area contributed by atoms with Gasteiger partial charge in [-0.3, -0.25) is 9.59 Å². The summed E-state index contributed by atoms with van der Waals surface area (Å²) in [6.45, 7) is -0.380. The van der Waals surface area contributed by atoms with Gasteiger partial charge >= 0.3 is 0 Å². The average molecular weight is 387 g/mol. The summed E-state index contributed by atoms with van der Waals surface area (Å²) in [5.41, 5.74) is 0.414. The Bertz CT molecular complexity index is 633. The fourth-order valence-electron chi connectivity index (χ4n) is 4.78. The van der Waals surface area contributed by atoms with Gasteiger partial charge in [0.25, 0.3) is 0 Å². The van der Waals surface area contributed by atoms with Crippen molar-refractivity contribution in [2.75, 3.05) is 6.61 Å². The molecule has 0 unspecified atom stereocenters. The summed E-state index contributed by atoms with van der Waals surface area (Å²) >= 11 is 0. The van der Waals surface area contributed by atoms with E-state index in [1.54, 1.807) is 0 Å². The minimum absolute atomic E-state index is 0.136. The number of aliphatic hydroxyl groups excluding tert-OH is 1. The van der Waals surface area contributed by atoms with Crippen molar-refractivity contribution in [3.63, 3.8) is 0 Å². The van der Waals surface area contributed by atoms with Crippen LogP contribution in [0.2, 0.25) is 0 Å². The molecule has 1 aromatic rings. The molecule has 0 heterocycles. The van der Waals surface area contributed by atoms with Crippen molar-refractivity contribution >= 4 is 11.8 Å². The second-order valence-electron chi connectivity index (χ2n) is 8.41. The normalized spacial score (nSPS) is 21.3. The Hall–Kier alpha value is -1.88. The van der Waals surface area contributed by atoms with Crippen LogP contribution in [0.4, 0.5) is 0 Å². The Kier molecular flexibility index (Phi) is 7.49. The van der Waals surface area contributed by atoms with E-state index in [2.05, 4.69) is 10.6 Å². The Morgan fingerprint density at radius 1 is 0.964 bits per heavy atom. The van der Waals surface area contributed by atoms with Gasteiger partial charge in [-0.2, -0.15) is 0 Å². The van der Waals surface area contributed by atoms with Crippen molar-refractivity contribution in [1.29, 1.82) is 0 Å². The molecule has 2 aliphatic rings. The number of rotatable bonds is 6. The SMILES string of the molecule is O=C(NC1CCCCCCC1)[C@H](CO)NC(=O)C1(c2ccccc2)CCCC1. The number of nitrogens with one attached hydrogen (secondary N) is 2. The molecule has 0 aromatic heterocycles. The molecular weight excluding hydrogens is 352 g/mol. The lowest BCUT2D eigenvalue weighted by atomic mass is 9.78. The second-order valence-corrected chi connectivity index (χ2v) is 8.41. The first-order valence-electron chi connectivity index (χ1n) is 10.9. The van der Waals surface area contributed by atoms with Gasteiger partial charge < -0.3 is 15.7 Å². The fraction of sp³-hybridized carbons (Fsp3) is 0.652. The monoisotopic (exact) mass is 386 g/mol. The van der Waals surface area contributed by atoms with E-state index in [9.17, 15) is 14.7 Å². The molecule has 28 heavy (non-hydrogen) atoms. The van der Waals surface area contributed by atoms with Crippen LogP contribution in [0.15, 0.2) is 30.3 Å². The summed E-state index contributed by atoms with van der Waals surface area (Å²) in [6, 6.07) is 9.10. The molecule has 0 aliphatic heterocycles. The number of benzene rings is 1. The lowest BCUT2D eigenvalue weighted by Crippen LogP contribution is -2.55. The zero-order valence-corrected chi connectivity index (χ0v) is 16.8. The van der Waals surface area contributed by atoms with Gasteiger partial charge in [-0.05, 0) is 31.2 Å². The molecule has 2 fully saturated rings. The van der Waals surface area contributed by atoms with Gasteiger partial charge in [0, 0.05) is 6.04 Å². The van der Waals surface area contributed by atoms with Crippen LogP contribution in [0.3, 0.4) is 0 Å². The van der Waals surface area contributed by atoms with E-state index in [4.69, 9.17) is 0 Å². The van der Waals surface area contributed by atoms with Gasteiger partial charge in [-0.1, -0.05) is 75.3 Å². The Labute approximate surface area is 168 Å².